The topological polar surface area (TPSA) is 68.2 Å². The summed E-state index contributed by atoms with van der Waals surface area (Å²) in [6.07, 6.45) is 4.25. The van der Waals surface area contributed by atoms with Crippen molar-refractivity contribution >= 4 is 29.9 Å². The lowest BCUT2D eigenvalue weighted by Crippen LogP contribution is -2.32. The average Bonchev–Trinajstić information content (AvgIpc) is 2.87. The van der Waals surface area contributed by atoms with Crippen molar-refractivity contribution in [1.82, 2.24) is 15.1 Å². The predicted octanol–water partition coefficient (Wildman–Crippen LogP) is 3.00. The third-order valence-corrected chi connectivity index (χ3v) is 3.28. The first-order valence-electron chi connectivity index (χ1n) is 7.35. The quantitative estimate of drug-likeness (QED) is 0.331. The van der Waals surface area contributed by atoms with E-state index in [2.05, 4.69) is 22.3 Å². The Hall–Kier alpha value is -1.57. The molecule has 0 atom stereocenters. The molecular formula is C16H24IN5. The van der Waals surface area contributed by atoms with E-state index in [0.717, 1.165) is 36.3 Å². The van der Waals surface area contributed by atoms with Gasteiger partial charge in [0.05, 0.1) is 17.9 Å². The van der Waals surface area contributed by atoms with Gasteiger partial charge in [-0.3, -0.25) is 0 Å². The Bertz CT molecular complexity index is 592. The zero-order valence-corrected chi connectivity index (χ0v) is 15.5. The van der Waals surface area contributed by atoms with E-state index in [1.54, 1.807) is 0 Å². The van der Waals surface area contributed by atoms with Crippen LogP contribution in [0.4, 0.5) is 0 Å². The Morgan fingerprint density at radius 2 is 2.05 bits per heavy atom. The van der Waals surface area contributed by atoms with Gasteiger partial charge in [0, 0.05) is 18.3 Å². The van der Waals surface area contributed by atoms with E-state index in [4.69, 9.17) is 5.73 Å². The lowest BCUT2D eigenvalue weighted by atomic mass is 10.3. The van der Waals surface area contributed by atoms with E-state index in [1.165, 1.54) is 0 Å². The van der Waals surface area contributed by atoms with Gasteiger partial charge in [-0.2, -0.15) is 5.10 Å². The lowest BCUT2D eigenvalue weighted by Gasteiger charge is -2.03. The number of halogens is 1. The molecule has 0 radical (unpaired) electrons. The summed E-state index contributed by atoms with van der Waals surface area (Å²) in [6, 6.07) is 10.0. The molecule has 2 rings (SSSR count). The van der Waals surface area contributed by atoms with Crippen LogP contribution >= 0.6 is 24.0 Å². The summed E-state index contributed by atoms with van der Waals surface area (Å²) in [5.74, 6) is 0.496. The molecule has 1 aromatic heterocycles. The Balaban J connectivity index is 0.00000242. The molecule has 22 heavy (non-hydrogen) atoms. The van der Waals surface area contributed by atoms with Crippen molar-refractivity contribution in [3.8, 4) is 5.69 Å². The second-order valence-corrected chi connectivity index (χ2v) is 5.00. The maximum absolute atomic E-state index is 5.84. The van der Waals surface area contributed by atoms with E-state index in [9.17, 15) is 0 Å². The second kappa shape index (κ2) is 9.45. The van der Waals surface area contributed by atoms with Gasteiger partial charge in [-0.15, -0.1) is 24.0 Å². The summed E-state index contributed by atoms with van der Waals surface area (Å²) in [4.78, 5) is 4.36. The minimum absolute atomic E-state index is 0. The minimum Gasteiger partial charge on any atom is -0.370 e. The number of benzene rings is 1. The molecule has 0 aliphatic rings. The van der Waals surface area contributed by atoms with Crippen LogP contribution in [0, 0.1) is 6.92 Å². The fourth-order valence-corrected chi connectivity index (χ4v) is 1.98. The number of para-hydroxylation sites is 1. The summed E-state index contributed by atoms with van der Waals surface area (Å²) in [7, 11) is 0. The highest BCUT2D eigenvalue weighted by Gasteiger charge is 2.05. The number of guanidine groups is 1. The highest BCUT2D eigenvalue weighted by molar-refractivity contribution is 14.0. The van der Waals surface area contributed by atoms with Gasteiger partial charge >= 0.3 is 0 Å². The van der Waals surface area contributed by atoms with Gasteiger partial charge in [-0.1, -0.05) is 31.5 Å². The average molecular weight is 413 g/mol. The van der Waals surface area contributed by atoms with Crippen LogP contribution in [0.2, 0.25) is 0 Å². The van der Waals surface area contributed by atoms with E-state index >= 15 is 0 Å². The smallest absolute Gasteiger partial charge is 0.188 e. The highest BCUT2D eigenvalue weighted by Crippen LogP contribution is 2.12. The fourth-order valence-electron chi connectivity index (χ4n) is 1.98. The maximum atomic E-state index is 5.84. The normalized spacial score (nSPS) is 11.1. The van der Waals surface area contributed by atoms with Crippen molar-refractivity contribution in [2.45, 2.75) is 33.2 Å². The van der Waals surface area contributed by atoms with E-state index in [1.807, 2.05) is 48.1 Å². The van der Waals surface area contributed by atoms with Crippen LogP contribution in [0.15, 0.2) is 41.5 Å². The van der Waals surface area contributed by atoms with Crippen LogP contribution in [0.5, 0.6) is 0 Å². The van der Waals surface area contributed by atoms with E-state index in [-0.39, 0.29) is 24.0 Å². The number of nitrogens with zero attached hydrogens (tertiary/aromatic N) is 3. The van der Waals surface area contributed by atoms with Crippen molar-refractivity contribution in [1.29, 1.82) is 0 Å². The molecule has 1 heterocycles. The molecule has 3 N–H and O–H groups in total. The first-order valence-corrected chi connectivity index (χ1v) is 7.35. The van der Waals surface area contributed by atoms with E-state index in [0.29, 0.717) is 12.5 Å². The Labute approximate surface area is 149 Å². The monoisotopic (exact) mass is 413 g/mol. The lowest BCUT2D eigenvalue weighted by molar-refractivity contribution is 0.748. The first kappa shape index (κ1) is 18.5. The van der Waals surface area contributed by atoms with Crippen molar-refractivity contribution in [3.05, 3.63) is 47.8 Å². The van der Waals surface area contributed by atoms with Gasteiger partial charge in [0.25, 0.3) is 0 Å². The molecule has 0 bridgehead atoms. The van der Waals surface area contributed by atoms with Crippen molar-refractivity contribution in [2.24, 2.45) is 10.7 Å². The molecule has 0 fully saturated rings. The molecule has 2 aromatic rings. The fraction of sp³-hybridized carbons (Fsp3) is 0.375. The molecule has 0 amide bonds. The second-order valence-electron chi connectivity index (χ2n) is 5.00. The Morgan fingerprint density at radius 1 is 1.32 bits per heavy atom. The number of hydrogen-bond donors (Lipinski definition) is 2. The SMILES string of the molecule is CCCCNC(N)=NCc1cn(-c2ccccc2)nc1C.I. The molecule has 6 heteroatoms. The molecule has 5 nitrogen and oxygen atoms in total. The third-order valence-electron chi connectivity index (χ3n) is 3.28. The Kier molecular flexibility index (Phi) is 7.94. The number of nitrogens with two attached hydrogens (primary N) is 1. The maximum Gasteiger partial charge on any atom is 0.188 e. The number of unbranched alkanes of at least 4 members (excludes halogenated alkanes) is 1. The standard InChI is InChI=1S/C16H23N5.HI/c1-3-4-10-18-16(17)19-11-14-12-21(20-13(14)2)15-8-6-5-7-9-15;/h5-9,12H,3-4,10-11H2,1-2H3,(H3,17,18,19);1H. The molecule has 0 spiro atoms. The van der Waals surface area contributed by atoms with Crippen LogP contribution in [-0.4, -0.2) is 22.3 Å². The summed E-state index contributed by atoms with van der Waals surface area (Å²) < 4.78 is 1.88. The number of hydrogen-bond acceptors (Lipinski definition) is 2. The molecule has 1 aromatic carbocycles. The first-order chi connectivity index (χ1) is 10.2. The van der Waals surface area contributed by atoms with Gasteiger partial charge in [0.15, 0.2) is 5.96 Å². The summed E-state index contributed by atoms with van der Waals surface area (Å²) >= 11 is 0. The molecule has 0 unspecified atom stereocenters. The van der Waals surface area contributed by atoms with Gasteiger partial charge in [0.2, 0.25) is 0 Å². The molecule has 120 valence electrons. The zero-order chi connectivity index (χ0) is 15.1. The van der Waals surface area contributed by atoms with Crippen LogP contribution in [0.25, 0.3) is 5.69 Å². The van der Waals surface area contributed by atoms with Gasteiger partial charge < -0.3 is 11.1 Å². The summed E-state index contributed by atoms with van der Waals surface area (Å²) in [5, 5.41) is 7.63. The number of aliphatic imine (C=N–C) groups is 1. The zero-order valence-electron chi connectivity index (χ0n) is 13.1. The van der Waals surface area contributed by atoms with Crippen molar-refractivity contribution in [2.75, 3.05) is 6.54 Å². The van der Waals surface area contributed by atoms with Gasteiger partial charge in [-0.05, 0) is 25.5 Å². The predicted molar refractivity (Wildman–Crippen MR) is 102 cm³/mol. The van der Waals surface area contributed by atoms with Crippen LogP contribution in [0.3, 0.4) is 0 Å². The minimum atomic E-state index is 0. The molecule has 0 saturated heterocycles. The largest absolute Gasteiger partial charge is 0.370 e. The Morgan fingerprint density at radius 3 is 2.73 bits per heavy atom. The van der Waals surface area contributed by atoms with Crippen LogP contribution in [-0.2, 0) is 6.54 Å². The summed E-state index contributed by atoms with van der Waals surface area (Å²) in [6.45, 7) is 5.55. The molecule has 0 aliphatic carbocycles. The number of nitrogens with one attached hydrogen (secondary N) is 1. The van der Waals surface area contributed by atoms with Crippen LogP contribution < -0.4 is 11.1 Å². The third kappa shape index (κ3) is 5.32. The number of aromatic nitrogens is 2. The van der Waals surface area contributed by atoms with Gasteiger partial charge in [-0.25, -0.2) is 9.67 Å². The highest BCUT2D eigenvalue weighted by atomic mass is 127. The van der Waals surface area contributed by atoms with E-state index < -0.39 is 0 Å². The molecule has 0 saturated carbocycles. The van der Waals surface area contributed by atoms with Crippen LogP contribution in [0.1, 0.15) is 31.0 Å². The summed E-state index contributed by atoms with van der Waals surface area (Å²) in [5.41, 5.74) is 8.95. The van der Waals surface area contributed by atoms with Crippen molar-refractivity contribution in [3.63, 3.8) is 0 Å². The number of aryl methyl sites for hydroxylation is 1. The van der Waals surface area contributed by atoms with Gasteiger partial charge in [0.1, 0.15) is 0 Å². The van der Waals surface area contributed by atoms with Crippen molar-refractivity contribution < 1.29 is 0 Å². The molecular weight excluding hydrogens is 389 g/mol. The molecule has 0 aliphatic heterocycles. The number of rotatable bonds is 6.